The van der Waals surface area contributed by atoms with Crippen LogP contribution in [-0.4, -0.2) is 36.4 Å². The summed E-state index contributed by atoms with van der Waals surface area (Å²) in [7, 11) is 1.59. The second-order valence-corrected chi connectivity index (χ2v) is 8.60. The normalized spacial score (nSPS) is 12.4. The molecule has 1 heterocycles. The molecule has 1 unspecified atom stereocenters. The van der Waals surface area contributed by atoms with E-state index in [9.17, 15) is 18.0 Å². The van der Waals surface area contributed by atoms with Gasteiger partial charge >= 0.3 is 6.18 Å². The van der Waals surface area contributed by atoms with Gasteiger partial charge in [-0.25, -0.2) is 0 Å². The van der Waals surface area contributed by atoms with Gasteiger partial charge < -0.3 is 15.4 Å². The average Bonchev–Trinajstić information content (AvgIpc) is 3.20. The molecular formula is C20H19F3N4O2S2. The summed E-state index contributed by atoms with van der Waals surface area (Å²) in [5, 5.41) is 13.7. The van der Waals surface area contributed by atoms with E-state index in [0.29, 0.717) is 28.2 Å². The quantitative estimate of drug-likeness (QED) is 0.337. The predicted octanol–water partition coefficient (Wildman–Crippen LogP) is 5.09. The molecule has 0 aliphatic carbocycles. The van der Waals surface area contributed by atoms with Crippen molar-refractivity contribution in [3.63, 3.8) is 0 Å². The van der Waals surface area contributed by atoms with Gasteiger partial charge in [0.15, 0.2) is 4.34 Å². The van der Waals surface area contributed by atoms with Crippen LogP contribution in [0.2, 0.25) is 0 Å². The van der Waals surface area contributed by atoms with Crippen molar-refractivity contribution in [2.45, 2.75) is 15.8 Å². The van der Waals surface area contributed by atoms with E-state index in [4.69, 9.17) is 4.74 Å². The van der Waals surface area contributed by atoms with Gasteiger partial charge in [-0.1, -0.05) is 59.5 Å². The van der Waals surface area contributed by atoms with Crippen LogP contribution in [0.1, 0.15) is 16.4 Å². The van der Waals surface area contributed by atoms with Crippen LogP contribution in [0, 0.1) is 0 Å². The fraction of sp³-hybridized carbons (Fsp3) is 0.250. The number of halogens is 3. The molecule has 0 bridgehead atoms. The van der Waals surface area contributed by atoms with E-state index in [0.717, 1.165) is 12.1 Å². The number of hydrogen-bond donors (Lipinski definition) is 2. The van der Waals surface area contributed by atoms with E-state index < -0.39 is 22.9 Å². The summed E-state index contributed by atoms with van der Waals surface area (Å²) in [6.07, 6.45) is -4.49. The number of carbonyl (C=O) groups excluding carboxylic acids is 1. The van der Waals surface area contributed by atoms with Crippen LogP contribution < -0.4 is 10.6 Å². The zero-order valence-electron chi connectivity index (χ0n) is 16.3. The lowest BCUT2D eigenvalue weighted by atomic mass is 10.1. The fourth-order valence-electron chi connectivity index (χ4n) is 2.57. The smallest absolute Gasteiger partial charge is 0.383 e. The molecule has 0 spiro atoms. The SMILES string of the molecule is COCCNc1nnc(SC(C(=O)Nc2cccc(C(F)(F)F)c2)c2ccccc2)s1. The second kappa shape index (κ2) is 10.6. The third-order valence-corrected chi connectivity index (χ3v) is 6.22. The molecule has 2 N–H and O–H groups in total. The van der Waals surface area contributed by atoms with Crippen molar-refractivity contribution in [1.29, 1.82) is 0 Å². The predicted molar refractivity (Wildman–Crippen MR) is 115 cm³/mol. The Kier molecular flexibility index (Phi) is 7.88. The Morgan fingerprint density at radius 3 is 2.65 bits per heavy atom. The molecule has 0 aliphatic rings. The highest BCUT2D eigenvalue weighted by molar-refractivity contribution is 8.02. The molecule has 0 radical (unpaired) electrons. The Morgan fingerprint density at radius 2 is 1.94 bits per heavy atom. The molecule has 2 aromatic carbocycles. The van der Waals surface area contributed by atoms with Crippen LogP contribution in [0.25, 0.3) is 0 Å². The summed E-state index contributed by atoms with van der Waals surface area (Å²) >= 11 is 2.46. The molecule has 0 saturated heterocycles. The van der Waals surface area contributed by atoms with E-state index in [1.165, 1.54) is 35.2 Å². The van der Waals surface area contributed by atoms with Gasteiger partial charge in [-0.3, -0.25) is 4.79 Å². The van der Waals surface area contributed by atoms with Gasteiger partial charge in [-0.2, -0.15) is 13.2 Å². The Balaban J connectivity index is 1.78. The summed E-state index contributed by atoms with van der Waals surface area (Å²) in [6.45, 7) is 1.07. The van der Waals surface area contributed by atoms with Crippen molar-refractivity contribution in [3.8, 4) is 0 Å². The number of nitrogens with one attached hydrogen (secondary N) is 2. The summed E-state index contributed by atoms with van der Waals surface area (Å²) in [4.78, 5) is 13.0. The molecule has 164 valence electrons. The minimum Gasteiger partial charge on any atom is -0.383 e. The zero-order valence-corrected chi connectivity index (χ0v) is 18.0. The molecule has 0 aliphatic heterocycles. The first-order valence-electron chi connectivity index (χ1n) is 9.13. The Hall–Kier alpha value is -2.63. The fourth-order valence-corrected chi connectivity index (χ4v) is 4.54. The molecule has 11 heteroatoms. The number of methoxy groups -OCH3 is 1. The van der Waals surface area contributed by atoms with Crippen LogP contribution in [0.15, 0.2) is 58.9 Å². The van der Waals surface area contributed by atoms with Gasteiger partial charge in [0, 0.05) is 19.3 Å². The van der Waals surface area contributed by atoms with Gasteiger partial charge in [0.1, 0.15) is 5.25 Å². The lowest BCUT2D eigenvalue weighted by Crippen LogP contribution is -2.19. The van der Waals surface area contributed by atoms with Crippen molar-refractivity contribution in [2.24, 2.45) is 0 Å². The lowest BCUT2D eigenvalue weighted by Gasteiger charge is -2.16. The highest BCUT2D eigenvalue weighted by atomic mass is 32.2. The van der Waals surface area contributed by atoms with E-state index in [-0.39, 0.29) is 5.69 Å². The first-order valence-corrected chi connectivity index (χ1v) is 10.8. The average molecular weight is 469 g/mol. The van der Waals surface area contributed by atoms with E-state index in [1.807, 2.05) is 6.07 Å². The first-order chi connectivity index (χ1) is 14.9. The van der Waals surface area contributed by atoms with Crippen molar-refractivity contribution in [2.75, 3.05) is 30.9 Å². The minimum atomic E-state index is -4.49. The van der Waals surface area contributed by atoms with Crippen molar-refractivity contribution < 1.29 is 22.7 Å². The van der Waals surface area contributed by atoms with E-state index >= 15 is 0 Å². The minimum absolute atomic E-state index is 0.0699. The number of amides is 1. The van der Waals surface area contributed by atoms with Crippen LogP contribution >= 0.6 is 23.1 Å². The monoisotopic (exact) mass is 468 g/mol. The number of alkyl halides is 3. The van der Waals surface area contributed by atoms with Gasteiger partial charge in [0.2, 0.25) is 11.0 Å². The number of hydrogen-bond acceptors (Lipinski definition) is 7. The molecular weight excluding hydrogens is 449 g/mol. The Bertz CT molecular complexity index is 999. The number of thioether (sulfide) groups is 1. The maximum absolute atomic E-state index is 13.0. The number of benzene rings is 2. The molecule has 3 aromatic rings. The first kappa shape index (κ1) is 23.0. The molecule has 3 rings (SSSR count). The molecule has 6 nitrogen and oxygen atoms in total. The van der Waals surface area contributed by atoms with Crippen LogP contribution in [0.4, 0.5) is 24.0 Å². The van der Waals surface area contributed by atoms with E-state index in [1.54, 1.807) is 31.4 Å². The molecule has 0 fully saturated rings. The molecule has 0 saturated carbocycles. The number of aromatic nitrogens is 2. The summed E-state index contributed by atoms with van der Waals surface area (Å²) in [5.41, 5.74) is -0.0632. The number of rotatable bonds is 9. The van der Waals surface area contributed by atoms with Gasteiger partial charge in [0.25, 0.3) is 0 Å². The van der Waals surface area contributed by atoms with Crippen molar-refractivity contribution >= 4 is 39.8 Å². The number of nitrogens with zero attached hydrogens (tertiary/aromatic N) is 2. The number of ether oxygens (including phenoxy) is 1. The van der Waals surface area contributed by atoms with E-state index in [2.05, 4.69) is 20.8 Å². The lowest BCUT2D eigenvalue weighted by molar-refractivity contribution is -0.137. The third kappa shape index (κ3) is 6.68. The topological polar surface area (TPSA) is 76.1 Å². The molecule has 1 aromatic heterocycles. The highest BCUT2D eigenvalue weighted by Crippen LogP contribution is 2.39. The molecule has 1 atom stereocenters. The van der Waals surface area contributed by atoms with Gasteiger partial charge in [-0.15, -0.1) is 10.2 Å². The summed E-state index contributed by atoms with van der Waals surface area (Å²) < 4.78 is 44.5. The number of anilines is 2. The standard InChI is InChI=1S/C20H19F3N4O2S2/c1-29-11-10-24-18-26-27-19(31-18)30-16(13-6-3-2-4-7-13)17(28)25-15-9-5-8-14(12-15)20(21,22)23/h2-9,12,16H,10-11H2,1H3,(H,24,26)(H,25,28). The van der Waals surface area contributed by atoms with Gasteiger partial charge in [-0.05, 0) is 23.8 Å². The van der Waals surface area contributed by atoms with Gasteiger partial charge in [0.05, 0.1) is 12.2 Å². The van der Waals surface area contributed by atoms with Crippen LogP contribution in [0.3, 0.4) is 0 Å². The Morgan fingerprint density at radius 1 is 1.16 bits per heavy atom. The zero-order chi connectivity index (χ0) is 22.3. The number of carbonyl (C=O) groups is 1. The summed E-state index contributed by atoms with van der Waals surface area (Å²) in [5.74, 6) is -0.459. The molecule has 31 heavy (non-hydrogen) atoms. The second-order valence-electron chi connectivity index (χ2n) is 6.27. The molecule has 1 amide bonds. The van der Waals surface area contributed by atoms with Crippen molar-refractivity contribution in [1.82, 2.24) is 10.2 Å². The van der Waals surface area contributed by atoms with Crippen molar-refractivity contribution in [3.05, 3.63) is 65.7 Å². The third-order valence-electron chi connectivity index (χ3n) is 4.01. The highest BCUT2D eigenvalue weighted by Gasteiger charge is 2.31. The van der Waals surface area contributed by atoms with Crippen LogP contribution in [-0.2, 0) is 15.7 Å². The maximum atomic E-state index is 13.0. The largest absolute Gasteiger partial charge is 0.416 e. The summed E-state index contributed by atoms with van der Waals surface area (Å²) in [6, 6.07) is 13.5. The maximum Gasteiger partial charge on any atom is 0.416 e. The Labute approximate surface area is 185 Å². The van der Waals surface area contributed by atoms with Crippen LogP contribution in [0.5, 0.6) is 0 Å².